The quantitative estimate of drug-likeness (QED) is 0.406. The number of unbranched alkanes of at least 4 members (excludes halogenated alkanes) is 2. The monoisotopic (exact) mass is 409 g/mol. The van der Waals surface area contributed by atoms with Gasteiger partial charge in [0, 0.05) is 18.6 Å². The van der Waals surface area contributed by atoms with E-state index in [4.69, 9.17) is 9.47 Å². The Labute approximate surface area is 158 Å². The van der Waals surface area contributed by atoms with Crippen LogP contribution in [0.1, 0.15) is 45.6 Å². The normalized spacial score (nSPS) is 12.7. The minimum atomic E-state index is -4.58. The van der Waals surface area contributed by atoms with Crippen molar-refractivity contribution < 1.29 is 31.1 Å². The number of rotatable bonds is 10. The fraction of sp³-hybridized carbons (Fsp3) is 0.556. The van der Waals surface area contributed by atoms with Crippen molar-refractivity contribution in [1.29, 1.82) is 0 Å². The summed E-state index contributed by atoms with van der Waals surface area (Å²) in [7, 11) is -2.58. The van der Waals surface area contributed by atoms with Crippen LogP contribution in [0.2, 0.25) is 0 Å². The maximum Gasteiger partial charge on any atom is 0.416 e. The lowest BCUT2D eigenvalue weighted by Gasteiger charge is -2.29. The highest BCUT2D eigenvalue weighted by Crippen LogP contribution is 2.38. The van der Waals surface area contributed by atoms with Gasteiger partial charge in [-0.25, -0.2) is 8.42 Å². The topological polar surface area (TPSA) is 55.8 Å². The lowest BCUT2D eigenvalue weighted by Crippen LogP contribution is -2.36. The summed E-state index contributed by atoms with van der Waals surface area (Å²) in [4.78, 5) is 0. The molecule has 0 bridgehead atoms. The van der Waals surface area contributed by atoms with Crippen LogP contribution in [-0.4, -0.2) is 28.4 Å². The number of nitrogens with zero attached hydrogens (tertiary/aromatic N) is 1. The predicted octanol–water partition coefficient (Wildman–Crippen LogP) is 4.94. The molecule has 0 aliphatic heterocycles. The summed E-state index contributed by atoms with van der Waals surface area (Å²) in [6.45, 7) is 4.95. The maximum absolute atomic E-state index is 13.0. The predicted molar refractivity (Wildman–Crippen MR) is 99.1 cm³/mol. The van der Waals surface area contributed by atoms with Gasteiger partial charge in [0.15, 0.2) is 6.79 Å². The summed E-state index contributed by atoms with van der Waals surface area (Å²) in [6.07, 6.45) is -0.663. The number of allylic oxidation sites excluding steroid dienone is 1. The third-order valence-electron chi connectivity index (χ3n) is 3.59. The fourth-order valence-electron chi connectivity index (χ4n) is 2.40. The molecule has 0 amide bonds. The average Bonchev–Trinajstić information content (AvgIpc) is 2.56. The van der Waals surface area contributed by atoms with Crippen molar-refractivity contribution in [2.75, 3.05) is 18.2 Å². The molecule has 154 valence electrons. The van der Waals surface area contributed by atoms with Crippen LogP contribution in [0.15, 0.2) is 29.7 Å². The van der Waals surface area contributed by atoms with Gasteiger partial charge in [-0.1, -0.05) is 25.8 Å². The molecule has 0 unspecified atom stereocenters. The molecule has 0 aliphatic carbocycles. The number of alkyl halides is 3. The molecular formula is C18H26F3NO4S. The van der Waals surface area contributed by atoms with Gasteiger partial charge in [-0.05, 0) is 38.5 Å². The second-order valence-electron chi connectivity index (χ2n) is 6.18. The Balaban J connectivity index is 3.39. The lowest BCUT2D eigenvalue weighted by atomic mass is 10.1. The second-order valence-corrected chi connectivity index (χ2v) is 7.88. The standard InChI is InChI=1S/C18H26F3NO4S/c1-5-6-7-8-11-27(23,24)22(14(2)3)16-10-9-15(18(19,20)21)12-17(16)26-13-25-4/h8-12,14H,5-7,13H2,1-4H3. The van der Waals surface area contributed by atoms with E-state index in [9.17, 15) is 21.6 Å². The Morgan fingerprint density at radius 3 is 2.44 bits per heavy atom. The summed E-state index contributed by atoms with van der Waals surface area (Å²) >= 11 is 0. The smallest absolute Gasteiger partial charge is 0.416 e. The first-order valence-corrected chi connectivity index (χ1v) is 10.1. The van der Waals surface area contributed by atoms with Crippen molar-refractivity contribution in [3.8, 4) is 5.75 Å². The molecule has 1 rings (SSSR count). The number of anilines is 1. The molecule has 5 nitrogen and oxygen atoms in total. The number of methoxy groups -OCH3 is 1. The van der Waals surface area contributed by atoms with E-state index in [0.717, 1.165) is 40.8 Å². The highest BCUT2D eigenvalue weighted by atomic mass is 32.2. The van der Waals surface area contributed by atoms with Gasteiger partial charge in [0.25, 0.3) is 10.0 Å². The molecule has 0 saturated heterocycles. The van der Waals surface area contributed by atoms with Crippen LogP contribution in [-0.2, 0) is 20.9 Å². The summed E-state index contributed by atoms with van der Waals surface area (Å²) in [5.74, 6) is -0.217. The van der Waals surface area contributed by atoms with Gasteiger partial charge in [0.1, 0.15) is 5.75 Å². The number of hydrogen-bond acceptors (Lipinski definition) is 4. The van der Waals surface area contributed by atoms with Gasteiger partial charge in [-0.3, -0.25) is 4.31 Å². The first-order valence-electron chi connectivity index (χ1n) is 8.58. The Bertz CT molecular complexity index is 731. The van der Waals surface area contributed by atoms with Crippen LogP contribution in [0.5, 0.6) is 5.75 Å². The SMILES string of the molecule is CCCCC=CS(=O)(=O)N(c1ccc(C(F)(F)F)cc1OCOC)C(C)C. The van der Waals surface area contributed by atoms with Crippen LogP contribution in [0.4, 0.5) is 18.9 Å². The average molecular weight is 409 g/mol. The molecule has 1 aromatic rings. The van der Waals surface area contributed by atoms with Gasteiger partial charge < -0.3 is 9.47 Å². The Hall–Kier alpha value is -1.74. The van der Waals surface area contributed by atoms with Crippen LogP contribution < -0.4 is 9.04 Å². The molecule has 9 heteroatoms. The summed E-state index contributed by atoms with van der Waals surface area (Å²) in [5, 5.41) is 1.08. The third kappa shape index (κ3) is 6.73. The number of benzene rings is 1. The zero-order valence-corrected chi connectivity index (χ0v) is 16.7. The first-order chi connectivity index (χ1) is 12.5. The summed E-state index contributed by atoms with van der Waals surface area (Å²) in [6, 6.07) is 2.18. The molecule has 0 atom stereocenters. The van der Waals surface area contributed by atoms with E-state index >= 15 is 0 Å². The van der Waals surface area contributed by atoms with Gasteiger partial charge in [-0.2, -0.15) is 13.2 Å². The minimum Gasteiger partial charge on any atom is -0.465 e. The summed E-state index contributed by atoms with van der Waals surface area (Å²) < 4.78 is 75.7. The van der Waals surface area contributed by atoms with Gasteiger partial charge in [0.2, 0.25) is 0 Å². The Kier molecular flexibility index (Phi) is 8.61. The molecule has 0 fully saturated rings. The molecule has 0 aromatic heterocycles. The maximum atomic E-state index is 13.0. The van der Waals surface area contributed by atoms with E-state index in [0.29, 0.717) is 6.42 Å². The van der Waals surface area contributed by atoms with E-state index in [1.165, 1.54) is 7.11 Å². The molecule has 0 radical (unpaired) electrons. The van der Waals surface area contributed by atoms with Gasteiger partial charge in [-0.15, -0.1) is 0 Å². The van der Waals surface area contributed by atoms with Gasteiger partial charge in [0.05, 0.1) is 11.3 Å². The van der Waals surface area contributed by atoms with Crippen molar-refractivity contribution in [3.05, 3.63) is 35.2 Å². The van der Waals surface area contributed by atoms with E-state index in [1.54, 1.807) is 19.9 Å². The van der Waals surface area contributed by atoms with Crippen LogP contribution in [0.3, 0.4) is 0 Å². The number of ether oxygens (including phenoxy) is 2. The lowest BCUT2D eigenvalue weighted by molar-refractivity contribution is -0.137. The molecular weight excluding hydrogens is 383 g/mol. The molecule has 1 aromatic carbocycles. The van der Waals surface area contributed by atoms with E-state index in [1.807, 2.05) is 6.92 Å². The second kappa shape index (κ2) is 9.98. The van der Waals surface area contributed by atoms with Crippen LogP contribution >= 0.6 is 0 Å². The van der Waals surface area contributed by atoms with Crippen LogP contribution in [0.25, 0.3) is 0 Å². The largest absolute Gasteiger partial charge is 0.465 e. The fourth-order valence-corrected chi connectivity index (χ4v) is 3.92. The first kappa shape index (κ1) is 23.3. The third-order valence-corrected chi connectivity index (χ3v) is 5.30. The molecule has 0 aliphatic rings. The zero-order valence-electron chi connectivity index (χ0n) is 15.9. The molecule has 0 N–H and O–H groups in total. The van der Waals surface area contributed by atoms with Crippen LogP contribution in [0, 0.1) is 0 Å². The van der Waals surface area contributed by atoms with Gasteiger partial charge >= 0.3 is 6.18 Å². The Morgan fingerprint density at radius 2 is 1.93 bits per heavy atom. The number of hydrogen-bond donors (Lipinski definition) is 0. The summed E-state index contributed by atoms with van der Waals surface area (Å²) in [5.41, 5.74) is -0.910. The van der Waals surface area contributed by atoms with E-state index in [2.05, 4.69) is 0 Å². The highest BCUT2D eigenvalue weighted by molar-refractivity contribution is 7.95. The van der Waals surface area contributed by atoms with Crippen molar-refractivity contribution in [2.45, 2.75) is 52.3 Å². The van der Waals surface area contributed by atoms with Crippen molar-refractivity contribution >= 4 is 15.7 Å². The Morgan fingerprint density at radius 1 is 1.26 bits per heavy atom. The number of sulfonamides is 1. The van der Waals surface area contributed by atoms with E-state index in [-0.39, 0.29) is 18.2 Å². The highest BCUT2D eigenvalue weighted by Gasteiger charge is 2.33. The number of halogens is 3. The van der Waals surface area contributed by atoms with E-state index < -0.39 is 27.8 Å². The zero-order chi connectivity index (χ0) is 20.7. The molecule has 0 spiro atoms. The molecule has 0 saturated carbocycles. The molecule has 0 heterocycles. The molecule has 27 heavy (non-hydrogen) atoms. The minimum absolute atomic E-state index is 0.0233. The van der Waals surface area contributed by atoms with Crippen molar-refractivity contribution in [2.24, 2.45) is 0 Å². The van der Waals surface area contributed by atoms with Crippen molar-refractivity contribution in [3.63, 3.8) is 0 Å². The van der Waals surface area contributed by atoms with Crippen molar-refractivity contribution in [1.82, 2.24) is 0 Å².